The van der Waals surface area contributed by atoms with E-state index >= 15 is 0 Å². The number of amides is 1. The first kappa shape index (κ1) is 24.8. The number of ether oxygens (including phenoxy) is 2. The Kier molecular flexibility index (Phi) is 8.30. The van der Waals surface area contributed by atoms with Crippen LogP contribution in [0.4, 0.5) is 5.69 Å². The molecule has 2 N–H and O–H groups in total. The van der Waals surface area contributed by atoms with Gasteiger partial charge in [-0.15, -0.1) is 0 Å². The van der Waals surface area contributed by atoms with Crippen LogP contribution in [0.5, 0.6) is 11.5 Å². The van der Waals surface area contributed by atoms with E-state index in [2.05, 4.69) is 21.2 Å². The maximum absolute atomic E-state index is 12.6. The number of halogens is 2. The quantitative estimate of drug-likeness (QED) is 0.270. The summed E-state index contributed by atoms with van der Waals surface area (Å²) < 4.78 is 11.9. The largest absolute Gasteiger partial charge is 0.493 e. The molecular formula is C25H18BrClN2O5. The van der Waals surface area contributed by atoms with Gasteiger partial charge in [-0.05, 0) is 59.7 Å². The average Bonchev–Trinajstić information content (AvgIpc) is 2.83. The van der Waals surface area contributed by atoms with Gasteiger partial charge in [-0.25, -0.2) is 4.79 Å². The third-order valence-electron chi connectivity index (χ3n) is 4.62. The Balaban J connectivity index is 1.81. The van der Waals surface area contributed by atoms with E-state index < -0.39 is 11.9 Å². The van der Waals surface area contributed by atoms with Crippen molar-refractivity contribution in [1.29, 1.82) is 5.26 Å². The number of nitrogens with zero attached hydrogens (tertiary/aromatic N) is 1. The van der Waals surface area contributed by atoms with E-state index in [1.165, 1.54) is 37.5 Å². The van der Waals surface area contributed by atoms with Crippen molar-refractivity contribution < 1.29 is 24.2 Å². The van der Waals surface area contributed by atoms with Crippen LogP contribution in [0.3, 0.4) is 0 Å². The van der Waals surface area contributed by atoms with Gasteiger partial charge in [0.25, 0.3) is 5.91 Å². The maximum atomic E-state index is 12.6. The fourth-order valence-corrected chi connectivity index (χ4v) is 3.47. The predicted octanol–water partition coefficient (Wildman–Crippen LogP) is 5.93. The summed E-state index contributed by atoms with van der Waals surface area (Å²) in [5, 5.41) is 21.8. The zero-order chi connectivity index (χ0) is 24.7. The number of nitrogens with one attached hydrogen (secondary N) is 1. The SMILES string of the molecule is COc1cc(/C=C(/C#N)C(=O)Nc2cccc(C(=O)O)c2)c(Br)cc1OCc1ccc(Cl)cc1. The molecule has 0 aromatic heterocycles. The highest BCUT2D eigenvalue weighted by Crippen LogP contribution is 2.35. The number of anilines is 1. The maximum Gasteiger partial charge on any atom is 0.335 e. The molecule has 34 heavy (non-hydrogen) atoms. The van der Waals surface area contributed by atoms with Gasteiger partial charge in [0.15, 0.2) is 11.5 Å². The molecule has 172 valence electrons. The fraction of sp³-hybridized carbons (Fsp3) is 0.0800. The van der Waals surface area contributed by atoms with E-state index in [0.29, 0.717) is 26.6 Å². The van der Waals surface area contributed by atoms with Gasteiger partial charge in [-0.2, -0.15) is 5.26 Å². The monoisotopic (exact) mass is 540 g/mol. The van der Waals surface area contributed by atoms with Gasteiger partial charge in [-0.1, -0.05) is 45.7 Å². The second-order valence-electron chi connectivity index (χ2n) is 6.95. The summed E-state index contributed by atoms with van der Waals surface area (Å²) in [5.74, 6) is -0.925. The predicted molar refractivity (Wildman–Crippen MR) is 132 cm³/mol. The molecule has 0 atom stereocenters. The number of carbonyl (C=O) groups is 2. The summed E-state index contributed by atoms with van der Waals surface area (Å²) in [7, 11) is 1.49. The molecule has 0 unspecified atom stereocenters. The summed E-state index contributed by atoms with van der Waals surface area (Å²) >= 11 is 9.35. The highest BCUT2D eigenvalue weighted by molar-refractivity contribution is 9.10. The van der Waals surface area contributed by atoms with Crippen LogP contribution < -0.4 is 14.8 Å². The fourth-order valence-electron chi connectivity index (χ4n) is 2.91. The first-order chi connectivity index (χ1) is 16.3. The van der Waals surface area contributed by atoms with Gasteiger partial charge >= 0.3 is 5.97 Å². The van der Waals surface area contributed by atoms with Crippen molar-refractivity contribution in [1.82, 2.24) is 0 Å². The number of hydrogen-bond acceptors (Lipinski definition) is 5. The van der Waals surface area contributed by atoms with Crippen molar-refractivity contribution >= 4 is 51.2 Å². The van der Waals surface area contributed by atoms with Gasteiger partial charge in [0.05, 0.1) is 12.7 Å². The number of benzene rings is 3. The van der Waals surface area contributed by atoms with Gasteiger partial charge in [0.1, 0.15) is 18.2 Å². The lowest BCUT2D eigenvalue weighted by Crippen LogP contribution is -2.14. The number of nitriles is 1. The van der Waals surface area contributed by atoms with Crippen LogP contribution in [-0.4, -0.2) is 24.1 Å². The number of rotatable bonds is 8. The molecule has 0 bridgehead atoms. The number of methoxy groups -OCH3 is 1. The van der Waals surface area contributed by atoms with E-state index in [-0.39, 0.29) is 23.4 Å². The molecule has 0 aliphatic heterocycles. The normalized spacial score (nSPS) is 10.8. The van der Waals surface area contributed by atoms with Crippen LogP contribution in [0.2, 0.25) is 5.02 Å². The van der Waals surface area contributed by atoms with Crippen molar-refractivity contribution in [3.05, 3.63) is 92.4 Å². The van der Waals surface area contributed by atoms with Crippen LogP contribution in [0, 0.1) is 11.3 Å². The molecule has 0 aliphatic rings. The van der Waals surface area contributed by atoms with Crippen molar-refractivity contribution in [3.63, 3.8) is 0 Å². The van der Waals surface area contributed by atoms with E-state index in [1.807, 2.05) is 18.2 Å². The van der Waals surface area contributed by atoms with Crippen LogP contribution in [0.25, 0.3) is 6.08 Å². The third kappa shape index (κ3) is 6.38. The summed E-state index contributed by atoms with van der Waals surface area (Å²) in [6.07, 6.45) is 1.39. The molecule has 0 saturated heterocycles. The molecule has 0 saturated carbocycles. The Hall–Kier alpha value is -3.80. The van der Waals surface area contributed by atoms with Crippen molar-refractivity contribution in [2.45, 2.75) is 6.61 Å². The minimum absolute atomic E-state index is 0.0157. The minimum atomic E-state index is -1.12. The molecule has 3 aromatic rings. The third-order valence-corrected chi connectivity index (χ3v) is 5.56. The van der Waals surface area contributed by atoms with Gasteiger partial charge in [0, 0.05) is 15.2 Å². The number of hydrogen-bond donors (Lipinski definition) is 2. The molecule has 0 heterocycles. The smallest absolute Gasteiger partial charge is 0.335 e. The molecule has 3 aromatic carbocycles. The van der Waals surface area contributed by atoms with Crippen molar-refractivity contribution in [2.75, 3.05) is 12.4 Å². The molecule has 7 nitrogen and oxygen atoms in total. The first-order valence-corrected chi connectivity index (χ1v) is 11.0. The van der Waals surface area contributed by atoms with Crippen LogP contribution >= 0.6 is 27.5 Å². The highest BCUT2D eigenvalue weighted by atomic mass is 79.9. The Morgan fingerprint density at radius 1 is 1.15 bits per heavy atom. The van der Waals surface area contributed by atoms with Crippen molar-refractivity contribution in [3.8, 4) is 17.6 Å². The summed E-state index contributed by atoms with van der Waals surface area (Å²) in [6.45, 7) is 0.288. The second-order valence-corrected chi connectivity index (χ2v) is 8.24. The molecule has 0 fully saturated rings. The van der Waals surface area contributed by atoms with Crippen LogP contribution in [0.15, 0.2) is 70.7 Å². The standard InChI is InChI=1S/C25H18BrClN2O5/c1-33-22-11-17(21(26)12-23(22)34-14-15-5-7-19(27)8-6-15)9-18(13-28)24(30)29-20-4-2-3-16(10-20)25(31)32/h2-12H,14H2,1H3,(H,29,30)(H,31,32)/b18-9-. The van der Waals surface area contributed by atoms with Gasteiger partial charge in [-0.3, -0.25) is 4.79 Å². The van der Waals surface area contributed by atoms with Crippen molar-refractivity contribution in [2.24, 2.45) is 0 Å². The summed E-state index contributed by atoms with van der Waals surface area (Å²) in [6, 6.07) is 18.2. The Morgan fingerprint density at radius 3 is 2.53 bits per heavy atom. The van der Waals surface area contributed by atoms with E-state index in [9.17, 15) is 14.9 Å². The topological polar surface area (TPSA) is 109 Å². The average molecular weight is 542 g/mol. The Labute approximate surface area is 209 Å². The number of aromatic carboxylic acids is 1. The molecule has 0 radical (unpaired) electrons. The van der Waals surface area contributed by atoms with Gasteiger partial charge < -0.3 is 19.9 Å². The number of carboxylic acid groups (broad SMARTS) is 1. The lowest BCUT2D eigenvalue weighted by molar-refractivity contribution is -0.112. The van der Waals surface area contributed by atoms with Crippen LogP contribution in [-0.2, 0) is 11.4 Å². The molecule has 0 spiro atoms. The number of carboxylic acids is 1. The summed E-state index contributed by atoms with van der Waals surface area (Å²) in [5.41, 5.74) is 1.53. The van der Waals surface area contributed by atoms with E-state index in [0.717, 1.165) is 5.56 Å². The van der Waals surface area contributed by atoms with E-state index in [4.69, 9.17) is 26.2 Å². The molecule has 3 rings (SSSR count). The van der Waals surface area contributed by atoms with Gasteiger partial charge in [0.2, 0.25) is 0 Å². The molecule has 0 aliphatic carbocycles. The Morgan fingerprint density at radius 2 is 1.88 bits per heavy atom. The lowest BCUT2D eigenvalue weighted by Gasteiger charge is -2.13. The zero-order valence-corrected chi connectivity index (χ0v) is 20.2. The molecular weight excluding hydrogens is 524 g/mol. The first-order valence-electron chi connectivity index (χ1n) is 9.82. The zero-order valence-electron chi connectivity index (χ0n) is 17.8. The second kappa shape index (κ2) is 11.4. The molecule has 1 amide bonds. The molecule has 9 heteroatoms. The number of carbonyl (C=O) groups excluding carboxylic acids is 1. The van der Waals surface area contributed by atoms with Crippen LogP contribution in [0.1, 0.15) is 21.5 Å². The van der Waals surface area contributed by atoms with E-state index in [1.54, 1.807) is 24.3 Å². The lowest BCUT2D eigenvalue weighted by atomic mass is 10.1. The summed E-state index contributed by atoms with van der Waals surface area (Å²) in [4.78, 5) is 23.7. The highest BCUT2D eigenvalue weighted by Gasteiger charge is 2.15. The Bertz CT molecular complexity index is 1300. The minimum Gasteiger partial charge on any atom is -0.493 e.